The van der Waals surface area contributed by atoms with E-state index in [9.17, 15) is 27.2 Å². The minimum Gasteiger partial charge on any atom is -0.406 e. The van der Waals surface area contributed by atoms with Crippen molar-refractivity contribution < 1.29 is 31.9 Å². The zero-order valence-corrected chi connectivity index (χ0v) is 15.6. The molecule has 6 nitrogen and oxygen atoms in total. The molecule has 2 rings (SSSR count). The van der Waals surface area contributed by atoms with Gasteiger partial charge in [-0.05, 0) is 62.5 Å². The van der Waals surface area contributed by atoms with Crippen molar-refractivity contribution in [3.63, 3.8) is 0 Å². The van der Waals surface area contributed by atoms with E-state index >= 15 is 0 Å². The van der Waals surface area contributed by atoms with Gasteiger partial charge in [0.1, 0.15) is 11.6 Å². The third kappa shape index (κ3) is 7.41. The molecule has 2 N–H and O–H groups in total. The van der Waals surface area contributed by atoms with Gasteiger partial charge in [-0.2, -0.15) is 0 Å². The second kappa shape index (κ2) is 9.37. The Balaban J connectivity index is 1.85. The highest BCUT2D eigenvalue weighted by Gasteiger charge is 2.31. The molecule has 0 fully saturated rings. The smallest absolute Gasteiger partial charge is 0.406 e. The fourth-order valence-electron chi connectivity index (χ4n) is 2.28. The minimum absolute atomic E-state index is 0.140. The van der Waals surface area contributed by atoms with Crippen molar-refractivity contribution in [2.45, 2.75) is 19.3 Å². The number of benzene rings is 2. The third-order valence-electron chi connectivity index (χ3n) is 3.92. The fraction of sp³-hybridized carbons (Fsp3) is 0.263. The molecule has 1 atom stereocenters. The molecule has 0 unspecified atom stereocenters. The first kappa shape index (κ1) is 22.2. The largest absolute Gasteiger partial charge is 0.573 e. The summed E-state index contributed by atoms with van der Waals surface area (Å²) in [7, 11) is 1.56. The highest BCUT2D eigenvalue weighted by atomic mass is 19.4. The Hall–Kier alpha value is -3.14. The zero-order chi connectivity index (χ0) is 21.6. The highest BCUT2D eigenvalue weighted by molar-refractivity contribution is 5.96. The van der Waals surface area contributed by atoms with Crippen LogP contribution in [0.4, 0.5) is 28.9 Å². The van der Waals surface area contributed by atoms with Gasteiger partial charge in [-0.15, -0.1) is 13.2 Å². The molecule has 0 aliphatic heterocycles. The molecule has 0 bridgehead atoms. The van der Waals surface area contributed by atoms with Gasteiger partial charge in [-0.1, -0.05) is 0 Å². The van der Waals surface area contributed by atoms with Crippen LogP contribution in [0.15, 0.2) is 48.5 Å². The van der Waals surface area contributed by atoms with Crippen LogP contribution in [-0.4, -0.2) is 42.7 Å². The first-order chi connectivity index (χ1) is 13.5. The fourth-order valence-corrected chi connectivity index (χ4v) is 2.28. The molecule has 0 aliphatic carbocycles. The van der Waals surface area contributed by atoms with Gasteiger partial charge in [0.2, 0.25) is 11.8 Å². The number of hydrogen-bond acceptors (Lipinski definition) is 4. The van der Waals surface area contributed by atoms with E-state index in [1.807, 2.05) is 0 Å². The summed E-state index contributed by atoms with van der Waals surface area (Å²) in [4.78, 5) is 25.8. The second-order valence-corrected chi connectivity index (χ2v) is 6.21. The van der Waals surface area contributed by atoms with Crippen molar-refractivity contribution >= 4 is 23.2 Å². The lowest BCUT2D eigenvalue weighted by molar-refractivity contribution is -0.274. The Labute approximate surface area is 164 Å². The Morgan fingerprint density at radius 2 is 1.52 bits per heavy atom. The van der Waals surface area contributed by atoms with Crippen molar-refractivity contribution in [3.8, 4) is 5.75 Å². The molecule has 156 valence electrons. The first-order valence-corrected chi connectivity index (χ1v) is 8.46. The number of halogens is 4. The van der Waals surface area contributed by atoms with Crippen LogP contribution in [0.3, 0.4) is 0 Å². The van der Waals surface area contributed by atoms with E-state index in [2.05, 4.69) is 15.4 Å². The third-order valence-corrected chi connectivity index (χ3v) is 3.92. The van der Waals surface area contributed by atoms with E-state index in [0.717, 1.165) is 12.1 Å². The number of anilines is 2. The number of likely N-dealkylation sites (N-methyl/N-ethyl adjacent to an activating group) is 1. The van der Waals surface area contributed by atoms with E-state index in [1.54, 1.807) is 14.0 Å². The molecule has 0 heterocycles. The van der Waals surface area contributed by atoms with Crippen LogP contribution in [0, 0.1) is 5.82 Å². The topological polar surface area (TPSA) is 70.7 Å². The molecule has 2 aromatic rings. The number of carbonyl (C=O) groups excluding carboxylic acids is 2. The number of nitrogens with one attached hydrogen (secondary N) is 2. The highest BCUT2D eigenvalue weighted by Crippen LogP contribution is 2.24. The van der Waals surface area contributed by atoms with Crippen LogP contribution in [-0.2, 0) is 9.59 Å². The number of nitrogens with zero attached hydrogens (tertiary/aromatic N) is 1. The molecule has 29 heavy (non-hydrogen) atoms. The van der Waals surface area contributed by atoms with Gasteiger partial charge in [-0.3, -0.25) is 14.5 Å². The normalized spacial score (nSPS) is 12.4. The number of carbonyl (C=O) groups is 2. The molecule has 0 aromatic heterocycles. The summed E-state index contributed by atoms with van der Waals surface area (Å²) in [5.41, 5.74) is 0.698. The van der Waals surface area contributed by atoms with E-state index in [-0.39, 0.29) is 18.1 Å². The standard InChI is InChI=1S/C19H19F4N3O3/c1-12(18(28)25-15-5-3-13(20)4-6-15)26(2)11-17(27)24-14-7-9-16(10-8-14)29-19(21,22)23/h3-10,12H,11H2,1-2H3,(H,24,27)(H,25,28)/t12-/m0/s1. The van der Waals surface area contributed by atoms with Gasteiger partial charge in [0.15, 0.2) is 0 Å². The number of ether oxygens (including phenoxy) is 1. The Morgan fingerprint density at radius 3 is 2.07 bits per heavy atom. The minimum atomic E-state index is -4.79. The molecule has 0 saturated heterocycles. The number of amides is 2. The van der Waals surface area contributed by atoms with Crippen molar-refractivity contribution in [2.24, 2.45) is 0 Å². The zero-order valence-electron chi connectivity index (χ0n) is 15.6. The summed E-state index contributed by atoms with van der Waals surface area (Å²) in [5.74, 6) is -1.68. The van der Waals surface area contributed by atoms with E-state index in [0.29, 0.717) is 5.69 Å². The van der Waals surface area contributed by atoms with Gasteiger partial charge >= 0.3 is 6.36 Å². The van der Waals surface area contributed by atoms with Gasteiger partial charge in [0.05, 0.1) is 12.6 Å². The van der Waals surface area contributed by atoms with E-state index in [4.69, 9.17) is 0 Å². The lowest BCUT2D eigenvalue weighted by Gasteiger charge is -2.23. The first-order valence-electron chi connectivity index (χ1n) is 8.46. The monoisotopic (exact) mass is 413 g/mol. The summed E-state index contributed by atoms with van der Waals surface area (Å²) in [5, 5.41) is 5.13. The summed E-state index contributed by atoms with van der Waals surface area (Å²) in [6.07, 6.45) is -4.79. The van der Waals surface area contributed by atoms with Crippen molar-refractivity contribution in [2.75, 3.05) is 24.2 Å². The average Bonchev–Trinajstić information content (AvgIpc) is 2.63. The van der Waals surface area contributed by atoms with Crippen molar-refractivity contribution in [3.05, 3.63) is 54.3 Å². The summed E-state index contributed by atoms with van der Waals surface area (Å²) >= 11 is 0. The SMILES string of the molecule is C[C@@H](C(=O)Nc1ccc(F)cc1)N(C)CC(=O)Nc1ccc(OC(F)(F)F)cc1. The molecule has 0 aliphatic rings. The Bertz CT molecular complexity index is 839. The van der Waals surface area contributed by atoms with E-state index in [1.165, 1.54) is 41.3 Å². The Morgan fingerprint density at radius 1 is 1.00 bits per heavy atom. The van der Waals surface area contributed by atoms with Crippen LogP contribution in [0.1, 0.15) is 6.92 Å². The van der Waals surface area contributed by atoms with Crippen LogP contribution in [0.2, 0.25) is 0 Å². The lowest BCUT2D eigenvalue weighted by atomic mass is 10.2. The maximum absolute atomic E-state index is 12.9. The summed E-state index contributed by atoms with van der Waals surface area (Å²) < 4.78 is 53.1. The Kier molecular flexibility index (Phi) is 7.16. The lowest BCUT2D eigenvalue weighted by Crippen LogP contribution is -2.43. The van der Waals surface area contributed by atoms with E-state index < -0.39 is 29.9 Å². The van der Waals surface area contributed by atoms with Crippen molar-refractivity contribution in [1.29, 1.82) is 0 Å². The average molecular weight is 413 g/mol. The molecular formula is C19H19F4N3O3. The second-order valence-electron chi connectivity index (χ2n) is 6.21. The molecular weight excluding hydrogens is 394 g/mol. The summed E-state index contributed by atoms with van der Waals surface area (Å²) in [6, 6.07) is 9.26. The molecule has 0 spiro atoms. The predicted octanol–water partition coefficient (Wildman–Crippen LogP) is 3.62. The van der Waals surface area contributed by atoms with Gasteiger partial charge in [0, 0.05) is 11.4 Å². The van der Waals surface area contributed by atoms with Gasteiger partial charge < -0.3 is 15.4 Å². The number of hydrogen-bond donors (Lipinski definition) is 2. The molecule has 0 radical (unpaired) electrons. The molecule has 2 amide bonds. The number of alkyl halides is 3. The number of rotatable bonds is 7. The van der Waals surface area contributed by atoms with Gasteiger partial charge in [-0.25, -0.2) is 4.39 Å². The quantitative estimate of drug-likeness (QED) is 0.681. The van der Waals surface area contributed by atoms with Crippen LogP contribution >= 0.6 is 0 Å². The summed E-state index contributed by atoms with van der Waals surface area (Å²) in [6.45, 7) is 1.45. The molecule has 10 heteroatoms. The van der Waals surface area contributed by atoms with Gasteiger partial charge in [0.25, 0.3) is 0 Å². The van der Waals surface area contributed by atoms with Crippen LogP contribution < -0.4 is 15.4 Å². The molecule has 0 saturated carbocycles. The maximum Gasteiger partial charge on any atom is 0.573 e. The van der Waals surface area contributed by atoms with Crippen LogP contribution in [0.25, 0.3) is 0 Å². The maximum atomic E-state index is 12.9. The van der Waals surface area contributed by atoms with Crippen LogP contribution in [0.5, 0.6) is 5.75 Å². The predicted molar refractivity (Wildman–Crippen MR) is 98.9 cm³/mol. The van der Waals surface area contributed by atoms with Crippen molar-refractivity contribution in [1.82, 2.24) is 4.90 Å². The molecule has 2 aromatic carbocycles.